The number of amides is 1. The Balaban J connectivity index is 1.95. The third-order valence-electron chi connectivity index (χ3n) is 5.38. The molecule has 1 amide bonds. The van der Waals surface area contributed by atoms with E-state index in [9.17, 15) is 14.7 Å². The molecule has 1 aromatic heterocycles. The van der Waals surface area contributed by atoms with Gasteiger partial charge in [0.15, 0.2) is 0 Å². The number of phenols is 1. The number of nitrogens with zero attached hydrogens (tertiary/aromatic N) is 3. The number of aromatic nitrogens is 2. The fourth-order valence-electron chi connectivity index (χ4n) is 4.12. The molecule has 1 N–H and O–H groups in total. The predicted molar refractivity (Wildman–Crippen MR) is 98.6 cm³/mol. The average Bonchev–Trinajstić information content (AvgIpc) is 3.14. The number of hydrogen-bond acceptors (Lipinski definition) is 5. The van der Waals surface area contributed by atoms with Gasteiger partial charge in [0.2, 0.25) is 0 Å². The normalized spacial score (nSPS) is 18.0. The Bertz CT molecular complexity index is 1170. The van der Waals surface area contributed by atoms with Crippen LogP contribution in [0.1, 0.15) is 35.1 Å². The van der Waals surface area contributed by atoms with E-state index in [1.165, 1.54) is 17.7 Å². The first-order valence-corrected chi connectivity index (χ1v) is 8.84. The van der Waals surface area contributed by atoms with Crippen LogP contribution in [0.15, 0.2) is 41.2 Å². The Kier molecular flexibility index (Phi) is 3.28. The first kappa shape index (κ1) is 15.9. The molecule has 0 spiro atoms. The van der Waals surface area contributed by atoms with Gasteiger partial charge in [0.1, 0.15) is 22.8 Å². The van der Waals surface area contributed by atoms with Gasteiger partial charge in [-0.25, -0.2) is 4.98 Å². The zero-order valence-corrected chi connectivity index (χ0v) is 14.7. The van der Waals surface area contributed by atoms with E-state index in [0.717, 1.165) is 12.8 Å². The molecule has 5 rings (SSSR count). The number of hydrogen-bond donors (Lipinski definition) is 1. The van der Waals surface area contributed by atoms with Crippen molar-refractivity contribution in [2.24, 2.45) is 0 Å². The van der Waals surface area contributed by atoms with E-state index in [0.29, 0.717) is 29.4 Å². The lowest BCUT2D eigenvalue weighted by Gasteiger charge is -2.22. The van der Waals surface area contributed by atoms with E-state index in [2.05, 4.69) is 4.98 Å². The molecule has 0 aliphatic carbocycles. The molecule has 3 heterocycles. The number of methoxy groups -OCH3 is 1. The highest BCUT2D eigenvalue weighted by Gasteiger charge is 2.38. The van der Waals surface area contributed by atoms with Crippen LogP contribution in [0.5, 0.6) is 11.5 Å². The van der Waals surface area contributed by atoms with Gasteiger partial charge in [-0.15, -0.1) is 0 Å². The Morgan fingerprint density at radius 1 is 1.22 bits per heavy atom. The Morgan fingerprint density at radius 2 is 2.04 bits per heavy atom. The lowest BCUT2D eigenvalue weighted by Crippen LogP contribution is -2.31. The smallest absolute Gasteiger partial charge is 0.266 e. The summed E-state index contributed by atoms with van der Waals surface area (Å²) in [5, 5.41) is 10.7. The SMILES string of the molecule is COc1cc(O)c2nc3n(c(=O)c2c1)-c1ccccc1C(=O)N1CCC[C@H]31. The van der Waals surface area contributed by atoms with Crippen LogP contribution < -0.4 is 10.3 Å². The van der Waals surface area contributed by atoms with Crippen LogP contribution in [-0.4, -0.2) is 39.1 Å². The fourth-order valence-corrected chi connectivity index (χ4v) is 4.12. The number of aromatic hydroxyl groups is 1. The van der Waals surface area contributed by atoms with Gasteiger partial charge in [0.05, 0.1) is 29.8 Å². The predicted octanol–water partition coefficient (Wildman–Crippen LogP) is 2.39. The molecule has 1 atom stereocenters. The summed E-state index contributed by atoms with van der Waals surface area (Å²) in [6.07, 6.45) is 1.58. The minimum absolute atomic E-state index is 0.0936. The molecule has 136 valence electrons. The summed E-state index contributed by atoms with van der Waals surface area (Å²) in [7, 11) is 1.47. The van der Waals surface area contributed by atoms with Crippen molar-refractivity contribution >= 4 is 16.8 Å². The second-order valence-electron chi connectivity index (χ2n) is 6.83. The van der Waals surface area contributed by atoms with Crippen LogP contribution in [0.4, 0.5) is 0 Å². The van der Waals surface area contributed by atoms with Gasteiger partial charge >= 0.3 is 0 Å². The molecular formula is C20H17N3O4. The lowest BCUT2D eigenvalue weighted by atomic mass is 10.1. The summed E-state index contributed by atoms with van der Waals surface area (Å²) < 4.78 is 6.70. The molecule has 0 bridgehead atoms. The maximum absolute atomic E-state index is 13.4. The fraction of sp³-hybridized carbons (Fsp3) is 0.250. The summed E-state index contributed by atoms with van der Waals surface area (Å²) in [6.45, 7) is 0.625. The number of phenolic OH excluding ortho intramolecular Hbond substituents is 1. The molecular weight excluding hydrogens is 346 g/mol. The molecule has 1 saturated heterocycles. The minimum Gasteiger partial charge on any atom is -0.506 e. The van der Waals surface area contributed by atoms with Crippen molar-refractivity contribution in [2.45, 2.75) is 18.9 Å². The van der Waals surface area contributed by atoms with Gasteiger partial charge in [-0.05, 0) is 31.0 Å². The van der Waals surface area contributed by atoms with E-state index in [-0.39, 0.29) is 34.2 Å². The molecule has 1 fully saturated rings. The summed E-state index contributed by atoms with van der Waals surface area (Å²) in [5.41, 5.74) is 0.913. The first-order chi connectivity index (χ1) is 13.1. The third-order valence-corrected chi connectivity index (χ3v) is 5.38. The number of para-hydroxylation sites is 1. The number of carbonyl (C=O) groups excluding carboxylic acids is 1. The van der Waals surface area contributed by atoms with Crippen LogP contribution in [0.3, 0.4) is 0 Å². The van der Waals surface area contributed by atoms with Crippen LogP contribution in [0, 0.1) is 0 Å². The summed E-state index contributed by atoms with van der Waals surface area (Å²) in [6, 6.07) is 9.81. The van der Waals surface area contributed by atoms with Crippen molar-refractivity contribution in [3.05, 3.63) is 58.1 Å². The zero-order valence-electron chi connectivity index (χ0n) is 14.7. The van der Waals surface area contributed by atoms with E-state index in [4.69, 9.17) is 4.74 Å². The number of ether oxygens (including phenoxy) is 1. The van der Waals surface area contributed by atoms with Crippen LogP contribution in [0.2, 0.25) is 0 Å². The number of fused-ring (bicyclic) bond motifs is 6. The molecule has 0 unspecified atom stereocenters. The zero-order chi connectivity index (χ0) is 18.7. The van der Waals surface area contributed by atoms with Crippen molar-refractivity contribution in [3.8, 4) is 17.2 Å². The lowest BCUT2D eigenvalue weighted by molar-refractivity contribution is 0.0736. The van der Waals surface area contributed by atoms with Gasteiger partial charge in [-0.2, -0.15) is 0 Å². The Hall–Kier alpha value is -3.35. The van der Waals surface area contributed by atoms with E-state index < -0.39 is 0 Å². The van der Waals surface area contributed by atoms with Gasteiger partial charge in [0, 0.05) is 12.6 Å². The first-order valence-electron chi connectivity index (χ1n) is 8.84. The van der Waals surface area contributed by atoms with Crippen LogP contribution in [0.25, 0.3) is 16.6 Å². The summed E-state index contributed by atoms with van der Waals surface area (Å²) in [5.74, 6) is 0.658. The van der Waals surface area contributed by atoms with Crippen molar-refractivity contribution in [1.29, 1.82) is 0 Å². The van der Waals surface area contributed by atoms with Crippen molar-refractivity contribution in [2.75, 3.05) is 13.7 Å². The Labute approximate surface area is 154 Å². The topological polar surface area (TPSA) is 84.7 Å². The molecule has 0 radical (unpaired) electrons. The van der Waals surface area contributed by atoms with Crippen LogP contribution >= 0.6 is 0 Å². The highest BCUT2D eigenvalue weighted by Crippen LogP contribution is 2.38. The maximum atomic E-state index is 13.4. The van der Waals surface area contributed by atoms with E-state index >= 15 is 0 Å². The van der Waals surface area contributed by atoms with Crippen molar-refractivity contribution < 1.29 is 14.6 Å². The standard InChI is InChI=1S/C20H17N3O4/c1-27-11-9-13-17(16(24)10-11)21-18-15-7-4-8-22(15)19(25)12-5-2-3-6-14(12)23(18)20(13)26/h2-3,5-6,9-10,15,24H,4,7-8H2,1H3/t15-/m1/s1. The quantitative estimate of drug-likeness (QED) is 0.718. The van der Waals surface area contributed by atoms with Gasteiger partial charge in [-0.3, -0.25) is 14.2 Å². The maximum Gasteiger partial charge on any atom is 0.266 e. The number of benzene rings is 2. The summed E-state index contributed by atoms with van der Waals surface area (Å²) in [4.78, 5) is 32.9. The van der Waals surface area contributed by atoms with E-state index in [1.807, 2.05) is 0 Å². The highest BCUT2D eigenvalue weighted by molar-refractivity contribution is 5.99. The average molecular weight is 363 g/mol. The van der Waals surface area contributed by atoms with Crippen LogP contribution in [-0.2, 0) is 0 Å². The van der Waals surface area contributed by atoms with Gasteiger partial charge < -0.3 is 14.7 Å². The molecule has 7 heteroatoms. The van der Waals surface area contributed by atoms with Crippen molar-refractivity contribution in [3.63, 3.8) is 0 Å². The molecule has 27 heavy (non-hydrogen) atoms. The number of rotatable bonds is 1. The second-order valence-corrected chi connectivity index (χ2v) is 6.83. The molecule has 3 aromatic rings. The minimum atomic E-state index is -0.321. The van der Waals surface area contributed by atoms with Gasteiger partial charge in [0.25, 0.3) is 11.5 Å². The third kappa shape index (κ3) is 2.11. The molecule has 2 aromatic carbocycles. The molecule has 0 saturated carbocycles. The molecule has 2 aliphatic rings. The highest BCUT2D eigenvalue weighted by atomic mass is 16.5. The molecule has 7 nitrogen and oxygen atoms in total. The molecule has 2 aliphatic heterocycles. The Morgan fingerprint density at radius 3 is 2.85 bits per heavy atom. The van der Waals surface area contributed by atoms with E-state index in [1.54, 1.807) is 35.2 Å². The summed E-state index contributed by atoms with van der Waals surface area (Å²) >= 11 is 0. The second kappa shape index (κ2) is 5.57. The van der Waals surface area contributed by atoms with Crippen molar-refractivity contribution in [1.82, 2.24) is 14.5 Å². The number of carbonyl (C=O) groups is 1. The van der Waals surface area contributed by atoms with Gasteiger partial charge in [-0.1, -0.05) is 12.1 Å². The largest absolute Gasteiger partial charge is 0.506 e. The monoisotopic (exact) mass is 363 g/mol.